The van der Waals surface area contributed by atoms with Crippen LogP contribution < -0.4 is 15.0 Å². The summed E-state index contributed by atoms with van der Waals surface area (Å²) in [6, 6.07) is 13.4. The van der Waals surface area contributed by atoms with Crippen molar-refractivity contribution in [3.05, 3.63) is 66.6 Å². The number of rotatable bonds is 7. The van der Waals surface area contributed by atoms with E-state index in [0.29, 0.717) is 31.5 Å². The second-order valence-corrected chi connectivity index (χ2v) is 10.4. The predicted octanol–water partition coefficient (Wildman–Crippen LogP) is 5.53. The van der Waals surface area contributed by atoms with Crippen molar-refractivity contribution < 1.29 is 23.8 Å². The number of hydrogen-bond donors (Lipinski definition) is 1. The molecule has 2 heterocycles. The molecular weight excluding hydrogens is 498 g/mol. The van der Waals surface area contributed by atoms with Crippen molar-refractivity contribution in [1.82, 2.24) is 20.3 Å². The fourth-order valence-corrected chi connectivity index (χ4v) is 4.44. The molecule has 3 aromatic rings. The van der Waals surface area contributed by atoms with Gasteiger partial charge in [-0.3, -0.25) is 4.90 Å². The molecule has 1 aromatic carbocycles. The van der Waals surface area contributed by atoms with Crippen LogP contribution in [0.15, 0.2) is 61.1 Å². The smallest absolute Gasteiger partial charge is 0.416 e. The van der Waals surface area contributed by atoms with Crippen molar-refractivity contribution in [1.29, 1.82) is 0 Å². The first-order chi connectivity index (χ1) is 18.7. The largest absolute Gasteiger partial charge is 0.467 e. The molecule has 0 bridgehead atoms. The lowest BCUT2D eigenvalue weighted by Crippen LogP contribution is -2.47. The number of carbonyl (C=O) groups excluding carboxylic acids is 2. The van der Waals surface area contributed by atoms with E-state index in [1.807, 2.05) is 57.2 Å². The summed E-state index contributed by atoms with van der Waals surface area (Å²) in [5, 5.41) is 2.95. The molecule has 4 rings (SSSR count). The highest BCUT2D eigenvalue weighted by atomic mass is 16.6. The standard InChI is InChI=1S/C29H35N5O5/c1-29(2,3)39-27(35)33-23-11-13-24(14-12-23)34(28(36)38-19-20-8-6-5-7-9-20)25-15-10-21(16-30-25)22-17-31-26(37-4)32-18-22/h5-10,15-18,23-24H,11-14,19H2,1-4H3,(H,33,35)/t23-,24-. The number of nitrogens with zero attached hydrogens (tertiary/aromatic N) is 4. The zero-order chi connectivity index (χ0) is 27.8. The number of amides is 2. The molecule has 1 N–H and O–H groups in total. The van der Waals surface area contributed by atoms with Crippen LogP contribution in [0, 0.1) is 0 Å². The number of alkyl carbamates (subject to hydrolysis) is 1. The molecule has 2 amide bonds. The summed E-state index contributed by atoms with van der Waals surface area (Å²) >= 11 is 0. The molecule has 1 aliphatic rings. The number of nitrogens with one attached hydrogen (secondary N) is 1. The van der Waals surface area contributed by atoms with Crippen LogP contribution in [-0.2, 0) is 16.1 Å². The molecule has 206 valence electrons. The molecular formula is C29H35N5O5. The highest BCUT2D eigenvalue weighted by Gasteiger charge is 2.33. The fraction of sp³-hybridized carbons (Fsp3) is 0.414. The Balaban J connectivity index is 1.47. The van der Waals surface area contributed by atoms with Gasteiger partial charge >= 0.3 is 18.2 Å². The molecule has 1 fully saturated rings. The van der Waals surface area contributed by atoms with E-state index in [0.717, 1.165) is 16.7 Å². The van der Waals surface area contributed by atoms with Crippen molar-refractivity contribution in [3.63, 3.8) is 0 Å². The second-order valence-electron chi connectivity index (χ2n) is 10.4. The lowest BCUT2D eigenvalue weighted by molar-refractivity contribution is 0.0490. The highest BCUT2D eigenvalue weighted by Crippen LogP contribution is 2.29. The number of carbonyl (C=O) groups is 2. The molecule has 0 aliphatic heterocycles. The Labute approximate surface area is 228 Å². The molecule has 2 aromatic heterocycles. The third kappa shape index (κ3) is 7.89. The number of aromatic nitrogens is 3. The first-order valence-electron chi connectivity index (χ1n) is 13.0. The molecule has 0 atom stereocenters. The maximum atomic E-state index is 13.4. The average Bonchev–Trinajstić information content (AvgIpc) is 2.93. The Morgan fingerprint density at radius 1 is 0.923 bits per heavy atom. The molecule has 10 heteroatoms. The molecule has 10 nitrogen and oxygen atoms in total. The zero-order valence-corrected chi connectivity index (χ0v) is 22.8. The van der Waals surface area contributed by atoms with E-state index < -0.39 is 17.8 Å². The van der Waals surface area contributed by atoms with Gasteiger partial charge < -0.3 is 19.5 Å². The topological polar surface area (TPSA) is 116 Å². The lowest BCUT2D eigenvalue weighted by atomic mass is 9.90. The number of pyridine rings is 1. The minimum Gasteiger partial charge on any atom is -0.467 e. The monoisotopic (exact) mass is 533 g/mol. The van der Waals surface area contributed by atoms with Gasteiger partial charge in [0, 0.05) is 41.8 Å². The van der Waals surface area contributed by atoms with Crippen LogP contribution in [-0.4, -0.2) is 51.9 Å². The van der Waals surface area contributed by atoms with Crippen molar-refractivity contribution in [2.24, 2.45) is 0 Å². The van der Waals surface area contributed by atoms with Crippen LogP contribution in [0.1, 0.15) is 52.0 Å². The maximum Gasteiger partial charge on any atom is 0.416 e. The van der Waals surface area contributed by atoms with Gasteiger partial charge in [-0.1, -0.05) is 30.3 Å². The number of anilines is 1. The van der Waals surface area contributed by atoms with Crippen LogP contribution >= 0.6 is 0 Å². The van der Waals surface area contributed by atoms with Gasteiger partial charge in [0.05, 0.1) is 7.11 Å². The molecule has 39 heavy (non-hydrogen) atoms. The van der Waals surface area contributed by atoms with Crippen LogP contribution in [0.5, 0.6) is 6.01 Å². The zero-order valence-electron chi connectivity index (χ0n) is 22.8. The summed E-state index contributed by atoms with van der Waals surface area (Å²) in [5.74, 6) is 0.495. The average molecular weight is 534 g/mol. The minimum absolute atomic E-state index is 0.0244. The van der Waals surface area contributed by atoms with E-state index in [9.17, 15) is 9.59 Å². The van der Waals surface area contributed by atoms with Crippen molar-refractivity contribution in [3.8, 4) is 17.1 Å². The number of methoxy groups -OCH3 is 1. The van der Waals surface area contributed by atoms with Gasteiger partial charge in [0.25, 0.3) is 0 Å². The lowest BCUT2D eigenvalue weighted by Gasteiger charge is -2.36. The van der Waals surface area contributed by atoms with Crippen molar-refractivity contribution >= 4 is 18.0 Å². The molecule has 0 spiro atoms. The Kier molecular flexibility index (Phi) is 8.96. The number of hydrogen-bond acceptors (Lipinski definition) is 8. The van der Waals surface area contributed by atoms with Gasteiger partial charge in [0.15, 0.2) is 0 Å². The van der Waals surface area contributed by atoms with E-state index >= 15 is 0 Å². The number of benzene rings is 1. The van der Waals surface area contributed by atoms with Gasteiger partial charge in [-0.25, -0.2) is 24.5 Å². The van der Waals surface area contributed by atoms with Gasteiger partial charge in [-0.15, -0.1) is 0 Å². The fourth-order valence-electron chi connectivity index (χ4n) is 4.44. The Hall–Kier alpha value is -4.21. The van der Waals surface area contributed by atoms with Gasteiger partial charge in [0.2, 0.25) is 0 Å². The Bertz CT molecular complexity index is 1220. The molecule has 0 saturated heterocycles. The summed E-state index contributed by atoms with van der Waals surface area (Å²) in [7, 11) is 1.51. The second kappa shape index (κ2) is 12.6. The van der Waals surface area contributed by atoms with E-state index in [4.69, 9.17) is 14.2 Å². The highest BCUT2D eigenvalue weighted by molar-refractivity contribution is 5.87. The summed E-state index contributed by atoms with van der Waals surface area (Å²) in [5.41, 5.74) is 1.93. The summed E-state index contributed by atoms with van der Waals surface area (Å²) in [6.45, 7) is 5.67. The predicted molar refractivity (Wildman–Crippen MR) is 146 cm³/mol. The van der Waals surface area contributed by atoms with E-state index in [1.165, 1.54) is 7.11 Å². The van der Waals surface area contributed by atoms with Crippen LogP contribution in [0.4, 0.5) is 15.4 Å². The molecule has 1 aliphatic carbocycles. The number of ether oxygens (including phenoxy) is 3. The first kappa shape index (κ1) is 27.8. The molecule has 0 radical (unpaired) electrons. The van der Waals surface area contributed by atoms with Crippen LogP contribution in [0.25, 0.3) is 11.1 Å². The van der Waals surface area contributed by atoms with Gasteiger partial charge in [-0.05, 0) is 64.2 Å². The Morgan fingerprint density at radius 2 is 1.59 bits per heavy atom. The first-order valence-corrected chi connectivity index (χ1v) is 13.0. The van der Waals surface area contributed by atoms with E-state index in [-0.39, 0.29) is 24.7 Å². The SMILES string of the molecule is COc1ncc(-c2ccc(N(C(=O)OCc3ccccc3)[C@H]3CC[C@H](NC(=O)OC(C)(C)C)CC3)nc2)cn1. The third-order valence-corrected chi connectivity index (χ3v) is 6.32. The Morgan fingerprint density at radius 3 is 2.18 bits per heavy atom. The molecule has 0 unspecified atom stereocenters. The van der Waals surface area contributed by atoms with Crippen LogP contribution in [0.2, 0.25) is 0 Å². The molecule has 1 saturated carbocycles. The van der Waals surface area contributed by atoms with Crippen molar-refractivity contribution in [2.45, 2.75) is 70.7 Å². The summed E-state index contributed by atoms with van der Waals surface area (Å²) in [4.78, 5) is 40.2. The maximum absolute atomic E-state index is 13.4. The van der Waals surface area contributed by atoms with Crippen molar-refractivity contribution in [2.75, 3.05) is 12.0 Å². The van der Waals surface area contributed by atoms with Gasteiger partial charge in [-0.2, -0.15) is 0 Å². The quantitative estimate of drug-likeness (QED) is 0.422. The van der Waals surface area contributed by atoms with E-state index in [2.05, 4.69) is 20.3 Å². The normalized spacial score (nSPS) is 17.1. The minimum atomic E-state index is -0.559. The summed E-state index contributed by atoms with van der Waals surface area (Å²) in [6.07, 6.45) is 6.88. The van der Waals surface area contributed by atoms with E-state index in [1.54, 1.807) is 29.6 Å². The van der Waals surface area contributed by atoms with Gasteiger partial charge in [0.1, 0.15) is 18.0 Å². The third-order valence-electron chi connectivity index (χ3n) is 6.32. The summed E-state index contributed by atoms with van der Waals surface area (Å²) < 4.78 is 16.1. The van der Waals surface area contributed by atoms with Crippen LogP contribution in [0.3, 0.4) is 0 Å².